The number of nitro groups is 1. The summed E-state index contributed by atoms with van der Waals surface area (Å²) in [5.74, 6) is 0.165. The minimum atomic E-state index is -0.482. The summed E-state index contributed by atoms with van der Waals surface area (Å²) in [5, 5.41) is 11.3. The summed E-state index contributed by atoms with van der Waals surface area (Å²) in [6.07, 6.45) is 1.71. The van der Waals surface area contributed by atoms with Crippen molar-refractivity contribution in [3.8, 4) is 0 Å². The van der Waals surface area contributed by atoms with Crippen LogP contribution in [0.25, 0.3) is 11.1 Å². The molecule has 2 aromatic carbocycles. The number of piperidine rings is 1. The maximum absolute atomic E-state index is 13.6. The lowest BCUT2D eigenvalue weighted by Crippen LogP contribution is -2.35. The Bertz CT molecular complexity index is 907. The molecule has 0 amide bonds. The summed E-state index contributed by atoms with van der Waals surface area (Å²) in [7, 11) is 0. The molecule has 0 N–H and O–H groups in total. The van der Waals surface area contributed by atoms with Crippen molar-refractivity contribution in [2.24, 2.45) is 0 Å². The smallest absolute Gasteiger partial charge is 0.292 e. The predicted molar refractivity (Wildman–Crippen MR) is 91.3 cm³/mol. The van der Waals surface area contributed by atoms with E-state index < -0.39 is 10.7 Å². The van der Waals surface area contributed by atoms with Crippen LogP contribution in [0.5, 0.6) is 0 Å². The predicted octanol–water partition coefficient (Wildman–Crippen LogP) is 4.26. The van der Waals surface area contributed by atoms with Gasteiger partial charge in [0.05, 0.1) is 10.8 Å². The van der Waals surface area contributed by atoms with Crippen molar-refractivity contribution >= 4 is 22.5 Å². The molecule has 0 aliphatic carbocycles. The number of halogens is 1. The van der Waals surface area contributed by atoms with Crippen LogP contribution < -0.4 is 4.90 Å². The molecule has 1 unspecified atom stereocenters. The molecule has 1 fully saturated rings. The molecule has 6 nitrogen and oxygen atoms in total. The van der Waals surface area contributed by atoms with Gasteiger partial charge in [-0.3, -0.25) is 10.1 Å². The molecular formula is C18H16FN3O3. The summed E-state index contributed by atoms with van der Waals surface area (Å²) in [6, 6.07) is 11.1. The van der Waals surface area contributed by atoms with Gasteiger partial charge in [-0.05, 0) is 31.0 Å². The quantitative estimate of drug-likeness (QED) is 0.526. The Hall–Kier alpha value is -2.96. The largest absolute Gasteiger partial charge is 0.440 e. The van der Waals surface area contributed by atoms with Gasteiger partial charge in [-0.25, -0.2) is 9.37 Å². The second-order valence-corrected chi connectivity index (χ2v) is 6.20. The third kappa shape index (κ3) is 2.93. The summed E-state index contributed by atoms with van der Waals surface area (Å²) in [4.78, 5) is 17.2. The lowest BCUT2D eigenvalue weighted by molar-refractivity contribution is -0.384. The van der Waals surface area contributed by atoms with Crippen molar-refractivity contribution in [2.45, 2.75) is 18.8 Å². The van der Waals surface area contributed by atoms with Gasteiger partial charge >= 0.3 is 0 Å². The van der Waals surface area contributed by atoms with E-state index in [1.807, 2.05) is 29.2 Å². The average molecular weight is 341 g/mol. The van der Waals surface area contributed by atoms with Crippen molar-refractivity contribution in [3.05, 3.63) is 64.3 Å². The highest BCUT2D eigenvalue weighted by Gasteiger charge is 2.29. The van der Waals surface area contributed by atoms with Crippen molar-refractivity contribution in [2.75, 3.05) is 18.0 Å². The topological polar surface area (TPSA) is 72.4 Å². The van der Waals surface area contributed by atoms with Gasteiger partial charge in [-0.1, -0.05) is 12.1 Å². The third-order valence-corrected chi connectivity index (χ3v) is 4.56. The van der Waals surface area contributed by atoms with Crippen LogP contribution in [0.4, 0.5) is 15.8 Å². The zero-order valence-electron chi connectivity index (χ0n) is 13.4. The Morgan fingerprint density at radius 3 is 2.92 bits per heavy atom. The minimum absolute atomic E-state index is 0.0176. The van der Waals surface area contributed by atoms with Crippen LogP contribution in [-0.2, 0) is 0 Å². The standard InChI is InChI=1S/C18H16FN3O3/c19-13-7-8-15(22(23)24)16(10-13)21-9-3-4-12(11-21)18-20-14-5-1-2-6-17(14)25-18/h1-2,5-8,10,12H,3-4,9,11H2. The van der Waals surface area contributed by atoms with Crippen molar-refractivity contribution < 1.29 is 13.7 Å². The summed E-state index contributed by atoms with van der Waals surface area (Å²) in [5.41, 5.74) is 1.75. The fourth-order valence-corrected chi connectivity index (χ4v) is 3.37. The Kier molecular flexibility index (Phi) is 3.83. The number of para-hydroxylation sites is 2. The molecule has 1 aliphatic heterocycles. The normalized spacial score (nSPS) is 17.8. The van der Waals surface area contributed by atoms with E-state index in [4.69, 9.17) is 4.42 Å². The number of fused-ring (bicyclic) bond motifs is 1. The van der Waals surface area contributed by atoms with E-state index >= 15 is 0 Å². The molecule has 25 heavy (non-hydrogen) atoms. The van der Waals surface area contributed by atoms with E-state index in [2.05, 4.69) is 4.98 Å². The molecule has 0 spiro atoms. The molecule has 128 valence electrons. The molecular weight excluding hydrogens is 325 g/mol. The first-order valence-corrected chi connectivity index (χ1v) is 8.16. The third-order valence-electron chi connectivity index (χ3n) is 4.56. The van der Waals surface area contributed by atoms with Crippen molar-refractivity contribution in [3.63, 3.8) is 0 Å². The zero-order valence-corrected chi connectivity index (χ0v) is 13.4. The average Bonchev–Trinajstić information content (AvgIpc) is 3.06. The number of oxazole rings is 1. The number of hydrogen-bond acceptors (Lipinski definition) is 5. The number of anilines is 1. The lowest BCUT2D eigenvalue weighted by Gasteiger charge is -2.32. The van der Waals surface area contributed by atoms with Gasteiger partial charge in [0.15, 0.2) is 11.5 Å². The van der Waals surface area contributed by atoms with E-state index in [0.29, 0.717) is 24.7 Å². The Morgan fingerprint density at radius 1 is 1.28 bits per heavy atom. The lowest BCUT2D eigenvalue weighted by atomic mass is 9.97. The Morgan fingerprint density at radius 2 is 2.12 bits per heavy atom. The highest BCUT2D eigenvalue weighted by atomic mass is 19.1. The highest BCUT2D eigenvalue weighted by molar-refractivity contribution is 5.72. The van der Waals surface area contributed by atoms with E-state index in [1.54, 1.807) is 0 Å². The second kappa shape index (κ2) is 6.16. The molecule has 7 heteroatoms. The Labute approximate surface area is 143 Å². The summed E-state index contributed by atoms with van der Waals surface area (Å²) < 4.78 is 19.5. The van der Waals surface area contributed by atoms with Crippen LogP contribution >= 0.6 is 0 Å². The fraction of sp³-hybridized carbons (Fsp3) is 0.278. The molecule has 0 saturated carbocycles. The molecule has 1 saturated heterocycles. The maximum Gasteiger partial charge on any atom is 0.292 e. The van der Waals surface area contributed by atoms with E-state index in [1.165, 1.54) is 12.1 Å². The Balaban J connectivity index is 1.65. The van der Waals surface area contributed by atoms with Gasteiger partial charge in [-0.15, -0.1) is 0 Å². The number of nitrogens with zero attached hydrogens (tertiary/aromatic N) is 3. The van der Waals surface area contributed by atoms with E-state index in [0.717, 1.165) is 30.0 Å². The minimum Gasteiger partial charge on any atom is -0.440 e. The summed E-state index contributed by atoms with van der Waals surface area (Å²) >= 11 is 0. The van der Waals surface area contributed by atoms with Crippen LogP contribution in [0, 0.1) is 15.9 Å². The van der Waals surface area contributed by atoms with Gasteiger partial charge in [0.2, 0.25) is 0 Å². The molecule has 1 aromatic heterocycles. The van der Waals surface area contributed by atoms with E-state index in [9.17, 15) is 14.5 Å². The number of hydrogen-bond donors (Lipinski definition) is 0. The van der Waals surface area contributed by atoms with Gasteiger partial charge < -0.3 is 9.32 Å². The highest BCUT2D eigenvalue weighted by Crippen LogP contribution is 2.35. The monoisotopic (exact) mass is 341 g/mol. The first-order valence-electron chi connectivity index (χ1n) is 8.16. The number of nitro benzene ring substituents is 1. The number of aromatic nitrogens is 1. The summed E-state index contributed by atoms with van der Waals surface area (Å²) in [6.45, 7) is 1.15. The SMILES string of the molecule is O=[N+]([O-])c1ccc(F)cc1N1CCCC(c2nc3ccccc3o2)C1. The molecule has 1 aliphatic rings. The van der Waals surface area contributed by atoms with Gasteiger partial charge in [0.25, 0.3) is 5.69 Å². The van der Waals surface area contributed by atoms with Gasteiger partial charge in [0.1, 0.15) is 17.0 Å². The zero-order chi connectivity index (χ0) is 17.4. The molecule has 4 rings (SSSR count). The van der Waals surface area contributed by atoms with Gasteiger partial charge in [0, 0.05) is 25.2 Å². The molecule has 1 atom stereocenters. The van der Waals surface area contributed by atoms with Crippen LogP contribution in [0.1, 0.15) is 24.7 Å². The first kappa shape index (κ1) is 15.6. The molecule has 2 heterocycles. The van der Waals surface area contributed by atoms with Crippen LogP contribution in [0.15, 0.2) is 46.9 Å². The second-order valence-electron chi connectivity index (χ2n) is 6.20. The van der Waals surface area contributed by atoms with Crippen LogP contribution in [-0.4, -0.2) is 23.0 Å². The number of rotatable bonds is 3. The van der Waals surface area contributed by atoms with Gasteiger partial charge in [-0.2, -0.15) is 0 Å². The van der Waals surface area contributed by atoms with E-state index in [-0.39, 0.29) is 11.6 Å². The number of benzene rings is 2. The fourth-order valence-electron chi connectivity index (χ4n) is 3.37. The first-order chi connectivity index (χ1) is 12.1. The molecule has 3 aromatic rings. The van der Waals surface area contributed by atoms with Crippen molar-refractivity contribution in [1.82, 2.24) is 4.98 Å². The molecule has 0 radical (unpaired) electrons. The van der Waals surface area contributed by atoms with Crippen LogP contribution in [0.2, 0.25) is 0 Å². The van der Waals surface area contributed by atoms with Crippen molar-refractivity contribution in [1.29, 1.82) is 0 Å². The maximum atomic E-state index is 13.6. The molecule has 0 bridgehead atoms. The van der Waals surface area contributed by atoms with Crippen LogP contribution in [0.3, 0.4) is 0 Å².